The molecule has 19 heavy (non-hydrogen) atoms. The van der Waals surface area contributed by atoms with Crippen molar-refractivity contribution in [2.24, 2.45) is 17.1 Å². The van der Waals surface area contributed by atoms with Gasteiger partial charge in [-0.25, -0.2) is 0 Å². The molecule has 0 aromatic heterocycles. The number of carbonyl (C=O) groups excluding carboxylic acids is 1. The fraction of sp³-hybridized carbons (Fsp3) is 0.857. The summed E-state index contributed by atoms with van der Waals surface area (Å²) in [5, 5.41) is 10.1. The summed E-state index contributed by atoms with van der Waals surface area (Å²) in [6.07, 6.45) is 4.82. The topological polar surface area (TPSA) is 66.6 Å². The molecule has 2 rings (SSSR count). The number of likely N-dealkylation sites (N-methyl/N-ethyl adjacent to an activating group) is 1. The minimum absolute atomic E-state index is 0.00375. The van der Waals surface area contributed by atoms with E-state index in [2.05, 4.69) is 6.92 Å². The third-order valence-electron chi connectivity index (χ3n) is 4.79. The maximum absolute atomic E-state index is 12.7. The summed E-state index contributed by atoms with van der Waals surface area (Å²) in [6.45, 7) is 2.11. The van der Waals surface area contributed by atoms with Crippen molar-refractivity contribution in [3.8, 4) is 0 Å². The van der Waals surface area contributed by atoms with E-state index in [0.29, 0.717) is 10.9 Å². The molecular formula is C14H24N2O2S. The van der Waals surface area contributed by atoms with Crippen LogP contribution in [-0.2, 0) is 4.79 Å². The maximum atomic E-state index is 12.7. The fourth-order valence-electron chi connectivity index (χ4n) is 3.64. The Hall–Kier alpha value is -0.680. The summed E-state index contributed by atoms with van der Waals surface area (Å²) in [4.78, 5) is 14.7. The average Bonchev–Trinajstić information content (AvgIpc) is 2.33. The van der Waals surface area contributed by atoms with E-state index in [1.807, 2.05) is 0 Å². The van der Waals surface area contributed by atoms with Gasteiger partial charge in [0.2, 0.25) is 5.91 Å². The number of hydrogen-bond donors (Lipinski definition) is 2. The molecule has 5 heteroatoms. The number of hydrogen-bond acceptors (Lipinski definition) is 3. The Morgan fingerprint density at radius 1 is 1.37 bits per heavy atom. The molecule has 4 nitrogen and oxygen atoms in total. The summed E-state index contributed by atoms with van der Waals surface area (Å²) in [6, 6.07) is -0.0802. The van der Waals surface area contributed by atoms with Crippen molar-refractivity contribution in [1.82, 2.24) is 4.90 Å². The van der Waals surface area contributed by atoms with Gasteiger partial charge < -0.3 is 15.7 Å². The molecule has 0 spiro atoms. The number of rotatable bonds is 3. The van der Waals surface area contributed by atoms with E-state index in [4.69, 9.17) is 18.0 Å². The second kappa shape index (κ2) is 5.37. The van der Waals surface area contributed by atoms with Crippen LogP contribution in [0.5, 0.6) is 0 Å². The number of aliphatic hydroxyl groups excluding tert-OH is 1. The molecule has 2 aliphatic rings. The van der Waals surface area contributed by atoms with Crippen molar-refractivity contribution >= 4 is 23.1 Å². The first-order valence-corrected chi connectivity index (χ1v) is 7.54. The monoisotopic (exact) mass is 284 g/mol. The van der Waals surface area contributed by atoms with Gasteiger partial charge >= 0.3 is 0 Å². The predicted octanol–water partition coefficient (Wildman–Crippen LogP) is 1.45. The fourth-order valence-corrected chi connectivity index (χ4v) is 3.90. The summed E-state index contributed by atoms with van der Waals surface area (Å²) in [5.41, 5.74) is 5.17. The second-order valence-electron chi connectivity index (χ2n) is 6.29. The van der Waals surface area contributed by atoms with Crippen LogP contribution in [0.3, 0.4) is 0 Å². The molecule has 2 atom stereocenters. The second-order valence-corrected chi connectivity index (χ2v) is 6.73. The highest BCUT2D eigenvalue weighted by molar-refractivity contribution is 7.80. The zero-order valence-corrected chi connectivity index (χ0v) is 12.6. The number of amides is 1. The van der Waals surface area contributed by atoms with Crippen LogP contribution in [0.4, 0.5) is 0 Å². The van der Waals surface area contributed by atoms with Crippen molar-refractivity contribution in [3.05, 3.63) is 0 Å². The van der Waals surface area contributed by atoms with Crippen LogP contribution in [0, 0.1) is 11.3 Å². The van der Waals surface area contributed by atoms with E-state index < -0.39 is 11.5 Å². The molecule has 3 N–H and O–H groups in total. The summed E-state index contributed by atoms with van der Waals surface area (Å²) >= 11 is 5.13. The first-order valence-electron chi connectivity index (χ1n) is 7.13. The van der Waals surface area contributed by atoms with Crippen LogP contribution < -0.4 is 5.73 Å². The van der Waals surface area contributed by atoms with Crippen LogP contribution in [0.1, 0.15) is 45.4 Å². The van der Waals surface area contributed by atoms with Crippen molar-refractivity contribution in [2.45, 2.75) is 57.6 Å². The van der Waals surface area contributed by atoms with E-state index in [9.17, 15) is 9.90 Å². The molecular weight excluding hydrogens is 260 g/mol. The smallest absolute Gasteiger partial charge is 0.235 e. The Balaban J connectivity index is 2.11. The lowest BCUT2D eigenvalue weighted by Crippen LogP contribution is -2.59. The van der Waals surface area contributed by atoms with Crippen molar-refractivity contribution < 1.29 is 9.90 Å². The van der Waals surface area contributed by atoms with Gasteiger partial charge in [-0.15, -0.1) is 0 Å². The first-order chi connectivity index (χ1) is 8.88. The van der Waals surface area contributed by atoms with Gasteiger partial charge in [0.1, 0.15) is 0 Å². The molecule has 0 heterocycles. The van der Waals surface area contributed by atoms with E-state index in [1.165, 1.54) is 0 Å². The Morgan fingerprint density at radius 2 is 1.95 bits per heavy atom. The molecule has 1 amide bonds. The van der Waals surface area contributed by atoms with Gasteiger partial charge in [-0.3, -0.25) is 4.79 Å². The highest BCUT2D eigenvalue weighted by Gasteiger charge is 2.53. The van der Waals surface area contributed by atoms with Gasteiger partial charge in [-0.2, -0.15) is 0 Å². The Bertz CT molecular complexity index is 380. The summed E-state index contributed by atoms with van der Waals surface area (Å²) in [7, 11) is 1.78. The number of aliphatic hydroxyl groups is 1. The molecule has 0 bridgehead atoms. The van der Waals surface area contributed by atoms with Crippen LogP contribution in [0.2, 0.25) is 0 Å². The van der Waals surface area contributed by atoms with Gasteiger partial charge in [-0.1, -0.05) is 32.0 Å². The lowest BCUT2D eigenvalue weighted by molar-refractivity contribution is -0.148. The van der Waals surface area contributed by atoms with Crippen molar-refractivity contribution in [1.29, 1.82) is 0 Å². The molecule has 0 aromatic carbocycles. The van der Waals surface area contributed by atoms with E-state index in [-0.39, 0.29) is 11.9 Å². The largest absolute Gasteiger partial charge is 0.392 e. The number of nitrogens with zero attached hydrogens (tertiary/aromatic N) is 1. The summed E-state index contributed by atoms with van der Waals surface area (Å²) < 4.78 is 0. The Kier molecular flexibility index (Phi) is 4.16. The van der Waals surface area contributed by atoms with Gasteiger partial charge in [-0.05, 0) is 31.6 Å². The lowest BCUT2D eigenvalue weighted by atomic mass is 9.61. The zero-order valence-electron chi connectivity index (χ0n) is 11.8. The Labute approximate surface area is 120 Å². The quantitative estimate of drug-likeness (QED) is 0.770. The molecule has 2 fully saturated rings. The number of thiocarbonyl (C=S) groups is 1. The van der Waals surface area contributed by atoms with Crippen LogP contribution in [0.25, 0.3) is 0 Å². The van der Waals surface area contributed by atoms with Gasteiger partial charge in [0.05, 0.1) is 22.5 Å². The normalized spacial score (nSPS) is 38.4. The molecule has 0 saturated heterocycles. The standard InChI is InChI=1S/C14H24N2O2S/c1-9-7-14(8-9,12(15)19)13(18)16(2)10-5-3-4-6-11(10)17/h9-11,17H,3-8H2,1-2H3,(H2,15,19). The summed E-state index contributed by atoms with van der Waals surface area (Å²) in [5.74, 6) is 0.499. The molecule has 2 unspecified atom stereocenters. The van der Waals surface area contributed by atoms with Crippen molar-refractivity contribution in [2.75, 3.05) is 7.05 Å². The molecule has 2 aliphatic carbocycles. The highest BCUT2D eigenvalue weighted by Crippen LogP contribution is 2.47. The van der Waals surface area contributed by atoms with Crippen LogP contribution >= 0.6 is 12.2 Å². The number of carbonyl (C=O) groups is 1. The zero-order chi connectivity index (χ0) is 14.2. The minimum atomic E-state index is -0.652. The molecule has 0 aromatic rings. The van der Waals surface area contributed by atoms with Gasteiger partial charge in [0, 0.05) is 7.05 Å². The minimum Gasteiger partial charge on any atom is -0.392 e. The average molecular weight is 284 g/mol. The number of nitrogens with two attached hydrogens (primary N) is 1. The van der Waals surface area contributed by atoms with Gasteiger partial charge in [0.25, 0.3) is 0 Å². The Morgan fingerprint density at radius 3 is 2.42 bits per heavy atom. The maximum Gasteiger partial charge on any atom is 0.235 e. The van der Waals surface area contributed by atoms with Crippen LogP contribution in [0.15, 0.2) is 0 Å². The SMILES string of the molecule is CC1CC(C(=O)N(C)C2CCCCC2O)(C(N)=S)C1. The third-order valence-corrected chi connectivity index (χ3v) is 5.18. The van der Waals surface area contributed by atoms with Crippen molar-refractivity contribution in [3.63, 3.8) is 0 Å². The molecule has 2 saturated carbocycles. The first kappa shape index (κ1) is 14.7. The van der Waals surface area contributed by atoms with E-state index in [0.717, 1.165) is 38.5 Å². The molecule has 108 valence electrons. The highest BCUT2D eigenvalue weighted by atomic mass is 32.1. The van der Waals surface area contributed by atoms with Gasteiger partial charge in [0.15, 0.2) is 0 Å². The predicted molar refractivity (Wildman–Crippen MR) is 78.6 cm³/mol. The van der Waals surface area contributed by atoms with E-state index >= 15 is 0 Å². The molecule has 0 aliphatic heterocycles. The van der Waals surface area contributed by atoms with Crippen LogP contribution in [-0.4, -0.2) is 40.1 Å². The third kappa shape index (κ3) is 2.50. The lowest BCUT2D eigenvalue weighted by Gasteiger charge is -2.48. The van der Waals surface area contributed by atoms with E-state index in [1.54, 1.807) is 11.9 Å². The molecule has 0 radical (unpaired) electrons.